The van der Waals surface area contributed by atoms with Crippen LogP contribution in [0.15, 0.2) is 17.5 Å². The molecule has 1 unspecified atom stereocenters. The van der Waals surface area contributed by atoms with E-state index in [2.05, 4.69) is 22.4 Å². The molecular formula is C10H17NOS. The van der Waals surface area contributed by atoms with Crippen LogP contribution in [-0.4, -0.2) is 37.3 Å². The van der Waals surface area contributed by atoms with E-state index in [1.54, 1.807) is 11.3 Å². The smallest absolute Gasteiger partial charge is 0.0474 e. The molecule has 0 bridgehead atoms. The number of thiophene rings is 1. The lowest BCUT2D eigenvalue weighted by Crippen LogP contribution is -2.25. The van der Waals surface area contributed by atoms with Gasteiger partial charge in [-0.25, -0.2) is 0 Å². The summed E-state index contributed by atoms with van der Waals surface area (Å²) in [7, 11) is 4.08. The molecular weight excluding hydrogens is 182 g/mol. The topological polar surface area (TPSA) is 23.5 Å². The first-order valence-corrected chi connectivity index (χ1v) is 5.38. The number of aliphatic hydroxyl groups is 1. The molecule has 3 heteroatoms. The quantitative estimate of drug-likeness (QED) is 0.776. The van der Waals surface area contributed by atoms with Gasteiger partial charge in [0.1, 0.15) is 0 Å². The standard InChI is InChI=1S/C10H17NOS/c1-11(2)7-9(8-12)6-10-4-3-5-13-10/h3-5,9,12H,6-8H2,1-2H3. The Morgan fingerprint density at radius 1 is 1.54 bits per heavy atom. The van der Waals surface area contributed by atoms with Crippen LogP contribution in [0.5, 0.6) is 0 Å². The predicted molar refractivity (Wildman–Crippen MR) is 57.2 cm³/mol. The fourth-order valence-corrected chi connectivity index (χ4v) is 2.24. The maximum atomic E-state index is 9.15. The zero-order valence-electron chi connectivity index (χ0n) is 8.23. The highest BCUT2D eigenvalue weighted by molar-refractivity contribution is 7.09. The summed E-state index contributed by atoms with van der Waals surface area (Å²) < 4.78 is 0. The molecule has 0 aromatic carbocycles. The third kappa shape index (κ3) is 3.89. The van der Waals surface area contributed by atoms with Gasteiger partial charge in [-0.1, -0.05) is 6.07 Å². The van der Waals surface area contributed by atoms with E-state index in [0.717, 1.165) is 13.0 Å². The lowest BCUT2D eigenvalue weighted by atomic mass is 10.1. The van der Waals surface area contributed by atoms with Gasteiger partial charge in [0.2, 0.25) is 0 Å². The molecule has 0 aliphatic heterocycles. The van der Waals surface area contributed by atoms with Crippen LogP contribution in [0.1, 0.15) is 4.88 Å². The van der Waals surface area contributed by atoms with Crippen LogP contribution in [0, 0.1) is 5.92 Å². The molecule has 0 saturated carbocycles. The lowest BCUT2D eigenvalue weighted by Gasteiger charge is -2.17. The largest absolute Gasteiger partial charge is 0.396 e. The van der Waals surface area contributed by atoms with Gasteiger partial charge in [-0.2, -0.15) is 0 Å². The molecule has 1 heterocycles. The molecule has 1 N–H and O–H groups in total. The Labute approximate surface area is 83.8 Å². The SMILES string of the molecule is CN(C)CC(CO)Cc1cccs1. The Kier molecular flexibility index (Phi) is 4.42. The van der Waals surface area contributed by atoms with Gasteiger partial charge < -0.3 is 10.0 Å². The normalized spacial score (nSPS) is 13.5. The summed E-state index contributed by atoms with van der Waals surface area (Å²) in [6.07, 6.45) is 0.992. The van der Waals surface area contributed by atoms with Crippen molar-refractivity contribution < 1.29 is 5.11 Å². The highest BCUT2D eigenvalue weighted by Crippen LogP contribution is 2.14. The summed E-state index contributed by atoms with van der Waals surface area (Å²) in [5.74, 6) is 0.369. The Morgan fingerprint density at radius 2 is 2.31 bits per heavy atom. The minimum Gasteiger partial charge on any atom is -0.396 e. The van der Waals surface area contributed by atoms with E-state index in [1.165, 1.54) is 4.88 Å². The third-order valence-electron chi connectivity index (χ3n) is 1.95. The van der Waals surface area contributed by atoms with Gasteiger partial charge >= 0.3 is 0 Å². The van der Waals surface area contributed by atoms with E-state index in [4.69, 9.17) is 5.11 Å². The van der Waals surface area contributed by atoms with Crippen LogP contribution in [0.4, 0.5) is 0 Å². The van der Waals surface area contributed by atoms with Crippen LogP contribution in [-0.2, 0) is 6.42 Å². The molecule has 13 heavy (non-hydrogen) atoms. The van der Waals surface area contributed by atoms with E-state index in [-0.39, 0.29) is 6.61 Å². The number of aliphatic hydroxyl groups excluding tert-OH is 1. The Bertz CT molecular complexity index is 221. The lowest BCUT2D eigenvalue weighted by molar-refractivity contribution is 0.192. The predicted octanol–water partition coefficient (Wildman–Crippen LogP) is 1.46. The van der Waals surface area contributed by atoms with Crippen molar-refractivity contribution in [2.24, 2.45) is 5.92 Å². The van der Waals surface area contributed by atoms with Gasteiger partial charge in [0.05, 0.1) is 0 Å². The summed E-state index contributed by atoms with van der Waals surface area (Å²) in [6, 6.07) is 4.19. The highest BCUT2D eigenvalue weighted by Gasteiger charge is 2.09. The van der Waals surface area contributed by atoms with Crippen molar-refractivity contribution in [3.05, 3.63) is 22.4 Å². The summed E-state index contributed by atoms with van der Waals surface area (Å²) in [4.78, 5) is 3.48. The molecule has 0 radical (unpaired) electrons. The monoisotopic (exact) mass is 199 g/mol. The van der Waals surface area contributed by atoms with Crippen molar-refractivity contribution >= 4 is 11.3 Å². The molecule has 1 rings (SSSR count). The maximum Gasteiger partial charge on any atom is 0.0474 e. The van der Waals surface area contributed by atoms with E-state index in [9.17, 15) is 0 Å². The average Bonchev–Trinajstić information content (AvgIpc) is 2.55. The Balaban J connectivity index is 2.40. The molecule has 0 aliphatic rings. The van der Waals surface area contributed by atoms with Crippen molar-refractivity contribution in [2.45, 2.75) is 6.42 Å². The van der Waals surface area contributed by atoms with Crippen molar-refractivity contribution in [3.8, 4) is 0 Å². The van der Waals surface area contributed by atoms with Crippen molar-refractivity contribution in [1.29, 1.82) is 0 Å². The average molecular weight is 199 g/mol. The molecule has 0 spiro atoms. The van der Waals surface area contributed by atoms with Gasteiger partial charge in [0.25, 0.3) is 0 Å². The minimum atomic E-state index is 0.274. The fourth-order valence-electron chi connectivity index (χ4n) is 1.42. The molecule has 0 saturated heterocycles. The number of hydrogen-bond donors (Lipinski definition) is 1. The van der Waals surface area contributed by atoms with E-state index in [1.807, 2.05) is 14.1 Å². The minimum absolute atomic E-state index is 0.274. The molecule has 2 nitrogen and oxygen atoms in total. The fraction of sp³-hybridized carbons (Fsp3) is 0.600. The van der Waals surface area contributed by atoms with Crippen LogP contribution >= 0.6 is 11.3 Å². The van der Waals surface area contributed by atoms with Gasteiger partial charge in [-0.3, -0.25) is 0 Å². The second-order valence-corrected chi connectivity index (χ2v) is 4.63. The third-order valence-corrected chi connectivity index (χ3v) is 2.85. The summed E-state index contributed by atoms with van der Waals surface area (Å²) in [5, 5.41) is 11.2. The zero-order chi connectivity index (χ0) is 9.68. The molecule has 1 aromatic heterocycles. The Morgan fingerprint density at radius 3 is 2.77 bits per heavy atom. The van der Waals surface area contributed by atoms with Gasteiger partial charge in [0, 0.05) is 18.0 Å². The molecule has 0 aliphatic carbocycles. The number of nitrogens with zero attached hydrogens (tertiary/aromatic N) is 1. The molecule has 74 valence electrons. The number of rotatable bonds is 5. The van der Waals surface area contributed by atoms with Gasteiger partial charge in [0.15, 0.2) is 0 Å². The maximum absolute atomic E-state index is 9.15. The van der Waals surface area contributed by atoms with Crippen LogP contribution in [0.2, 0.25) is 0 Å². The molecule has 1 aromatic rings. The van der Waals surface area contributed by atoms with Crippen molar-refractivity contribution in [3.63, 3.8) is 0 Å². The second-order valence-electron chi connectivity index (χ2n) is 3.59. The first kappa shape index (κ1) is 10.7. The zero-order valence-corrected chi connectivity index (χ0v) is 9.05. The molecule has 0 amide bonds. The first-order valence-electron chi connectivity index (χ1n) is 4.50. The van der Waals surface area contributed by atoms with Crippen molar-refractivity contribution in [1.82, 2.24) is 4.90 Å². The van der Waals surface area contributed by atoms with E-state index < -0.39 is 0 Å². The highest BCUT2D eigenvalue weighted by atomic mass is 32.1. The van der Waals surface area contributed by atoms with E-state index in [0.29, 0.717) is 5.92 Å². The van der Waals surface area contributed by atoms with Crippen molar-refractivity contribution in [2.75, 3.05) is 27.2 Å². The van der Waals surface area contributed by atoms with Crippen LogP contribution in [0.3, 0.4) is 0 Å². The first-order chi connectivity index (χ1) is 6.22. The Hall–Kier alpha value is -0.380. The van der Waals surface area contributed by atoms with E-state index >= 15 is 0 Å². The summed E-state index contributed by atoms with van der Waals surface area (Å²) in [5.41, 5.74) is 0. The molecule has 0 fully saturated rings. The molecule has 1 atom stereocenters. The number of hydrogen-bond acceptors (Lipinski definition) is 3. The summed E-state index contributed by atoms with van der Waals surface area (Å²) in [6.45, 7) is 1.23. The summed E-state index contributed by atoms with van der Waals surface area (Å²) >= 11 is 1.76. The van der Waals surface area contributed by atoms with Gasteiger partial charge in [-0.05, 0) is 37.9 Å². The van der Waals surface area contributed by atoms with Crippen LogP contribution in [0.25, 0.3) is 0 Å². The van der Waals surface area contributed by atoms with Gasteiger partial charge in [-0.15, -0.1) is 11.3 Å². The van der Waals surface area contributed by atoms with Crippen LogP contribution < -0.4 is 0 Å². The second kappa shape index (κ2) is 5.37.